The SMILES string of the molecule is CC(N)c1cccc(C(F)(F)C2CCCO2)c1.Cl. The van der Waals surface area contributed by atoms with E-state index in [1.54, 1.807) is 19.1 Å². The fourth-order valence-electron chi connectivity index (χ4n) is 2.08. The quantitative estimate of drug-likeness (QED) is 0.919. The lowest BCUT2D eigenvalue weighted by Gasteiger charge is -2.23. The van der Waals surface area contributed by atoms with Crippen LogP contribution >= 0.6 is 12.4 Å². The number of hydrogen-bond acceptors (Lipinski definition) is 2. The third-order valence-corrected chi connectivity index (χ3v) is 3.13. The molecule has 2 N–H and O–H groups in total. The molecule has 2 atom stereocenters. The van der Waals surface area contributed by atoms with E-state index < -0.39 is 12.0 Å². The molecule has 1 aliphatic heterocycles. The number of nitrogens with two attached hydrogens (primary N) is 1. The van der Waals surface area contributed by atoms with E-state index in [-0.39, 0.29) is 24.0 Å². The lowest BCUT2D eigenvalue weighted by Crippen LogP contribution is -2.30. The first-order valence-corrected chi connectivity index (χ1v) is 5.87. The lowest BCUT2D eigenvalue weighted by atomic mass is 9.97. The summed E-state index contributed by atoms with van der Waals surface area (Å²) in [5, 5.41) is 0. The molecule has 0 spiro atoms. The van der Waals surface area contributed by atoms with Gasteiger partial charge in [0.15, 0.2) is 0 Å². The van der Waals surface area contributed by atoms with Crippen LogP contribution in [0.1, 0.15) is 36.9 Å². The van der Waals surface area contributed by atoms with Gasteiger partial charge >= 0.3 is 0 Å². The summed E-state index contributed by atoms with van der Waals surface area (Å²) in [7, 11) is 0. The van der Waals surface area contributed by atoms with Crippen molar-refractivity contribution in [3.63, 3.8) is 0 Å². The Kier molecular flexibility index (Phi) is 5.08. The van der Waals surface area contributed by atoms with E-state index in [0.717, 1.165) is 5.56 Å². The summed E-state index contributed by atoms with van der Waals surface area (Å²) in [5.41, 5.74) is 6.42. The molecular weight excluding hydrogens is 260 g/mol. The largest absolute Gasteiger partial charge is 0.372 e. The standard InChI is InChI=1S/C13H17F2NO.ClH/c1-9(16)10-4-2-5-11(8-10)13(14,15)12-6-3-7-17-12;/h2,4-5,8-9,12H,3,6-7,16H2,1H3;1H. The van der Waals surface area contributed by atoms with E-state index in [9.17, 15) is 8.78 Å². The molecule has 1 heterocycles. The third-order valence-electron chi connectivity index (χ3n) is 3.13. The van der Waals surface area contributed by atoms with E-state index >= 15 is 0 Å². The summed E-state index contributed by atoms with van der Waals surface area (Å²) in [6.07, 6.45) is 0.119. The predicted molar refractivity (Wildman–Crippen MR) is 69.2 cm³/mol. The maximum Gasteiger partial charge on any atom is 0.298 e. The highest BCUT2D eigenvalue weighted by atomic mass is 35.5. The van der Waals surface area contributed by atoms with Crippen LogP contribution in [0.15, 0.2) is 24.3 Å². The van der Waals surface area contributed by atoms with Gasteiger partial charge in [0.1, 0.15) is 6.10 Å². The van der Waals surface area contributed by atoms with Crippen molar-refractivity contribution < 1.29 is 13.5 Å². The van der Waals surface area contributed by atoms with Gasteiger partial charge in [-0.05, 0) is 31.4 Å². The Labute approximate surface area is 112 Å². The van der Waals surface area contributed by atoms with Crippen LogP contribution in [0.5, 0.6) is 0 Å². The normalized spacial score (nSPS) is 21.4. The van der Waals surface area contributed by atoms with Crippen molar-refractivity contribution in [1.82, 2.24) is 0 Å². The van der Waals surface area contributed by atoms with E-state index in [4.69, 9.17) is 10.5 Å². The minimum absolute atomic E-state index is 0. The zero-order valence-electron chi connectivity index (χ0n) is 10.2. The smallest absolute Gasteiger partial charge is 0.298 e. The average Bonchev–Trinajstić information content (AvgIpc) is 2.83. The monoisotopic (exact) mass is 277 g/mol. The van der Waals surface area contributed by atoms with Gasteiger partial charge < -0.3 is 10.5 Å². The number of rotatable bonds is 3. The summed E-state index contributed by atoms with van der Waals surface area (Å²) < 4.78 is 33.4. The zero-order chi connectivity index (χ0) is 12.5. The molecule has 0 amide bonds. The van der Waals surface area contributed by atoms with Gasteiger partial charge in [-0.15, -0.1) is 12.4 Å². The molecule has 2 nitrogen and oxygen atoms in total. The lowest BCUT2D eigenvalue weighted by molar-refractivity contribution is -0.122. The second kappa shape index (κ2) is 5.95. The number of ether oxygens (including phenoxy) is 1. The van der Waals surface area contributed by atoms with Crippen molar-refractivity contribution in [2.75, 3.05) is 6.61 Å². The molecule has 5 heteroatoms. The summed E-state index contributed by atoms with van der Waals surface area (Å²) in [5.74, 6) is -2.93. The van der Waals surface area contributed by atoms with Gasteiger partial charge in [-0.2, -0.15) is 8.78 Å². The summed E-state index contributed by atoms with van der Waals surface area (Å²) >= 11 is 0. The van der Waals surface area contributed by atoms with Crippen molar-refractivity contribution >= 4 is 12.4 Å². The first-order valence-electron chi connectivity index (χ1n) is 5.87. The second-order valence-corrected chi connectivity index (χ2v) is 4.54. The third kappa shape index (κ3) is 2.99. The van der Waals surface area contributed by atoms with Crippen molar-refractivity contribution in [2.45, 2.75) is 37.8 Å². The molecule has 2 rings (SSSR count). The molecule has 0 aliphatic carbocycles. The molecule has 1 aromatic rings. The summed E-state index contributed by atoms with van der Waals surface area (Å²) in [4.78, 5) is 0. The Bertz CT molecular complexity index is 392. The highest BCUT2D eigenvalue weighted by Crippen LogP contribution is 2.38. The highest BCUT2D eigenvalue weighted by Gasteiger charge is 2.43. The van der Waals surface area contributed by atoms with Crippen LogP contribution in [-0.4, -0.2) is 12.7 Å². The Morgan fingerprint density at radius 1 is 1.44 bits per heavy atom. The van der Waals surface area contributed by atoms with Crippen LogP contribution in [0.3, 0.4) is 0 Å². The van der Waals surface area contributed by atoms with Crippen LogP contribution in [0.2, 0.25) is 0 Å². The van der Waals surface area contributed by atoms with Gasteiger partial charge in [0, 0.05) is 18.2 Å². The molecule has 1 saturated heterocycles. The molecule has 102 valence electrons. The molecule has 0 bridgehead atoms. The molecule has 0 aromatic heterocycles. The fraction of sp³-hybridized carbons (Fsp3) is 0.538. The Hall–Kier alpha value is -0.710. The summed E-state index contributed by atoms with van der Waals surface area (Å²) in [6.45, 7) is 2.20. The maximum atomic E-state index is 14.1. The number of alkyl halides is 2. The molecule has 1 aromatic carbocycles. The van der Waals surface area contributed by atoms with Gasteiger partial charge in [-0.25, -0.2) is 0 Å². The Morgan fingerprint density at radius 3 is 2.72 bits per heavy atom. The maximum absolute atomic E-state index is 14.1. The summed E-state index contributed by atoms with van der Waals surface area (Å²) in [6, 6.07) is 6.06. The number of halogens is 3. The molecule has 0 saturated carbocycles. The molecule has 2 unspecified atom stereocenters. The van der Waals surface area contributed by atoms with E-state index in [0.29, 0.717) is 19.4 Å². The minimum Gasteiger partial charge on any atom is -0.372 e. The molecule has 1 fully saturated rings. The van der Waals surface area contributed by atoms with Crippen molar-refractivity contribution in [3.05, 3.63) is 35.4 Å². The van der Waals surface area contributed by atoms with Gasteiger partial charge in [0.25, 0.3) is 5.92 Å². The number of benzene rings is 1. The molecule has 18 heavy (non-hydrogen) atoms. The first kappa shape index (κ1) is 15.3. The van der Waals surface area contributed by atoms with Gasteiger partial charge in [0.2, 0.25) is 0 Å². The molecule has 0 radical (unpaired) electrons. The van der Waals surface area contributed by atoms with Crippen LogP contribution < -0.4 is 5.73 Å². The van der Waals surface area contributed by atoms with Crippen molar-refractivity contribution in [3.8, 4) is 0 Å². The highest BCUT2D eigenvalue weighted by molar-refractivity contribution is 5.85. The first-order chi connectivity index (χ1) is 8.01. The van der Waals surface area contributed by atoms with E-state index in [2.05, 4.69) is 0 Å². The fourth-order valence-corrected chi connectivity index (χ4v) is 2.08. The van der Waals surface area contributed by atoms with E-state index in [1.165, 1.54) is 12.1 Å². The Balaban J connectivity index is 0.00000162. The van der Waals surface area contributed by atoms with Crippen LogP contribution in [-0.2, 0) is 10.7 Å². The molecule has 1 aliphatic rings. The predicted octanol–water partition coefficient (Wildman–Crippen LogP) is 3.40. The van der Waals surface area contributed by atoms with Gasteiger partial charge in [0.05, 0.1) is 0 Å². The van der Waals surface area contributed by atoms with Crippen molar-refractivity contribution in [1.29, 1.82) is 0 Å². The van der Waals surface area contributed by atoms with E-state index in [1.807, 2.05) is 0 Å². The second-order valence-electron chi connectivity index (χ2n) is 4.54. The van der Waals surface area contributed by atoms with Gasteiger partial charge in [-0.1, -0.05) is 18.2 Å². The molecular formula is C13H18ClF2NO. The van der Waals surface area contributed by atoms with Crippen LogP contribution in [0.4, 0.5) is 8.78 Å². The number of hydrogen-bond donors (Lipinski definition) is 1. The zero-order valence-corrected chi connectivity index (χ0v) is 11.1. The Morgan fingerprint density at radius 2 is 2.17 bits per heavy atom. The van der Waals surface area contributed by atoms with Gasteiger partial charge in [-0.3, -0.25) is 0 Å². The topological polar surface area (TPSA) is 35.2 Å². The van der Waals surface area contributed by atoms with Crippen LogP contribution in [0.25, 0.3) is 0 Å². The van der Waals surface area contributed by atoms with Crippen molar-refractivity contribution in [2.24, 2.45) is 5.73 Å². The minimum atomic E-state index is -2.93. The van der Waals surface area contributed by atoms with Crippen LogP contribution in [0, 0.1) is 0 Å². The average molecular weight is 278 g/mol.